The van der Waals surface area contributed by atoms with Crippen molar-refractivity contribution < 1.29 is 14.7 Å². The van der Waals surface area contributed by atoms with Crippen molar-refractivity contribution in [2.75, 3.05) is 12.0 Å². The Morgan fingerprint density at radius 2 is 2.05 bits per heavy atom. The van der Waals surface area contributed by atoms with Crippen LogP contribution >= 0.6 is 11.8 Å². The molecule has 1 aliphatic heterocycles. The summed E-state index contributed by atoms with van der Waals surface area (Å²) in [4.78, 5) is 25.0. The fourth-order valence-corrected chi connectivity index (χ4v) is 2.72. The Balaban J connectivity index is 2.21. The van der Waals surface area contributed by atoms with Gasteiger partial charge in [0, 0.05) is 25.1 Å². The summed E-state index contributed by atoms with van der Waals surface area (Å²) in [6, 6.07) is 6.99. The quantitative estimate of drug-likeness (QED) is 0.912. The van der Waals surface area contributed by atoms with Gasteiger partial charge >= 0.3 is 5.97 Å². The predicted molar refractivity (Wildman–Crippen MR) is 75.1 cm³/mol. The van der Waals surface area contributed by atoms with Crippen LogP contribution in [0.4, 0.5) is 0 Å². The van der Waals surface area contributed by atoms with Gasteiger partial charge in [-0.2, -0.15) is 11.8 Å². The molecule has 1 heterocycles. The maximum Gasteiger partial charge on any atom is 0.326 e. The average Bonchev–Trinajstić information content (AvgIpc) is 2.43. The van der Waals surface area contributed by atoms with E-state index in [0.29, 0.717) is 19.4 Å². The van der Waals surface area contributed by atoms with Gasteiger partial charge in [-0.05, 0) is 17.4 Å². The molecule has 0 saturated heterocycles. The first-order chi connectivity index (χ1) is 9.13. The van der Waals surface area contributed by atoms with Crippen LogP contribution in [0.15, 0.2) is 24.3 Å². The molecule has 4 nitrogen and oxygen atoms in total. The van der Waals surface area contributed by atoms with Crippen molar-refractivity contribution in [2.24, 2.45) is 0 Å². The highest BCUT2D eigenvalue weighted by atomic mass is 32.2. The predicted octanol–water partition coefficient (Wildman–Crippen LogP) is 1.78. The summed E-state index contributed by atoms with van der Waals surface area (Å²) in [7, 11) is 0. The van der Waals surface area contributed by atoms with Gasteiger partial charge in [-0.25, -0.2) is 4.79 Å². The number of thioether (sulfide) groups is 1. The van der Waals surface area contributed by atoms with Crippen LogP contribution in [0.25, 0.3) is 0 Å². The van der Waals surface area contributed by atoms with Gasteiger partial charge in [-0.15, -0.1) is 0 Å². The number of nitrogens with zero attached hydrogens (tertiary/aromatic N) is 1. The van der Waals surface area contributed by atoms with Crippen molar-refractivity contribution in [1.29, 1.82) is 0 Å². The Hall–Kier alpha value is -1.49. The van der Waals surface area contributed by atoms with Gasteiger partial charge in [-0.3, -0.25) is 4.79 Å². The number of aliphatic carboxylic acids is 1. The molecule has 5 heteroatoms. The van der Waals surface area contributed by atoms with Crippen LogP contribution in [-0.4, -0.2) is 39.9 Å². The zero-order valence-electron chi connectivity index (χ0n) is 10.8. The van der Waals surface area contributed by atoms with Gasteiger partial charge < -0.3 is 10.0 Å². The third kappa shape index (κ3) is 3.10. The van der Waals surface area contributed by atoms with Gasteiger partial charge in [0.25, 0.3) is 0 Å². The highest BCUT2D eigenvalue weighted by Gasteiger charge is 2.33. The molecular formula is C14H17NO3S. The molecule has 1 aromatic rings. The number of fused-ring (bicyclic) bond motifs is 1. The minimum absolute atomic E-state index is 0.0729. The zero-order valence-corrected chi connectivity index (χ0v) is 11.7. The molecule has 102 valence electrons. The van der Waals surface area contributed by atoms with E-state index in [1.807, 2.05) is 30.5 Å². The second kappa shape index (κ2) is 6.10. The van der Waals surface area contributed by atoms with Crippen molar-refractivity contribution in [3.8, 4) is 0 Å². The number of rotatable bonds is 4. The number of benzene rings is 1. The van der Waals surface area contributed by atoms with Gasteiger partial charge in [0.15, 0.2) is 0 Å². The number of hydrogen-bond donors (Lipinski definition) is 1. The van der Waals surface area contributed by atoms with Gasteiger partial charge in [0.05, 0.1) is 0 Å². The molecule has 0 bridgehead atoms. The van der Waals surface area contributed by atoms with Crippen LogP contribution in [0, 0.1) is 0 Å². The standard InChI is InChI=1S/C14H17NO3S/c1-19-7-6-13(16)15-9-11-5-3-2-4-10(11)8-12(15)14(17)18/h2-5,12H,6-9H2,1H3,(H,17,18)/t12-/m0/s1. The Labute approximate surface area is 116 Å². The smallest absolute Gasteiger partial charge is 0.326 e. The van der Waals surface area contributed by atoms with Crippen LogP contribution in [0.3, 0.4) is 0 Å². The minimum atomic E-state index is -0.924. The lowest BCUT2D eigenvalue weighted by Gasteiger charge is -2.34. The number of carboxylic acids is 1. The Bertz CT molecular complexity index is 489. The van der Waals surface area contributed by atoms with Crippen molar-refractivity contribution in [3.63, 3.8) is 0 Å². The molecule has 0 aromatic heterocycles. The highest BCUT2D eigenvalue weighted by Crippen LogP contribution is 2.24. The summed E-state index contributed by atoms with van der Waals surface area (Å²) in [6.07, 6.45) is 2.73. The van der Waals surface area contributed by atoms with Crippen LogP contribution < -0.4 is 0 Å². The molecule has 0 unspecified atom stereocenters. The molecule has 2 rings (SSSR count). The Morgan fingerprint density at radius 3 is 2.68 bits per heavy atom. The van der Waals surface area contributed by atoms with E-state index in [1.165, 1.54) is 4.90 Å². The fourth-order valence-electron chi connectivity index (χ4n) is 2.34. The second-order valence-electron chi connectivity index (χ2n) is 4.59. The molecule has 1 N–H and O–H groups in total. The summed E-state index contributed by atoms with van der Waals surface area (Å²) < 4.78 is 0. The molecule has 0 fully saturated rings. The Kier molecular flexibility index (Phi) is 4.47. The average molecular weight is 279 g/mol. The molecule has 1 amide bonds. The van der Waals surface area contributed by atoms with Crippen molar-refractivity contribution in [1.82, 2.24) is 4.90 Å². The lowest BCUT2D eigenvalue weighted by Crippen LogP contribution is -2.48. The third-order valence-corrected chi connectivity index (χ3v) is 3.99. The van der Waals surface area contributed by atoms with E-state index in [-0.39, 0.29) is 5.91 Å². The molecule has 1 aliphatic rings. The zero-order chi connectivity index (χ0) is 13.8. The number of carbonyl (C=O) groups is 2. The van der Waals surface area contributed by atoms with Crippen LogP contribution in [0.5, 0.6) is 0 Å². The largest absolute Gasteiger partial charge is 0.480 e. The molecule has 0 radical (unpaired) electrons. The molecule has 1 atom stereocenters. The van der Waals surface area contributed by atoms with E-state index in [2.05, 4.69) is 0 Å². The first-order valence-corrected chi connectivity index (χ1v) is 7.61. The van der Waals surface area contributed by atoms with Gasteiger partial charge in [0.2, 0.25) is 5.91 Å². The monoisotopic (exact) mass is 279 g/mol. The normalized spacial score (nSPS) is 17.9. The molecule has 19 heavy (non-hydrogen) atoms. The highest BCUT2D eigenvalue weighted by molar-refractivity contribution is 7.98. The maximum atomic E-state index is 12.1. The van der Waals surface area contributed by atoms with E-state index in [9.17, 15) is 14.7 Å². The minimum Gasteiger partial charge on any atom is -0.480 e. The van der Waals surface area contributed by atoms with E-state index in [1.54, 1.807) is 11.8 Å². The molecule has 0 saturated carbocycles. The summed E-state index contributed by atoms with van der Waals surface area (Å²) in [5, 5.41) is 9.31. The van der Waals surface area contributed by atoms with E-state index in [0.717, 1.165) is 16.9 Å². The lowest BCUT2D eigenvalue weighted by molar-refractivity contribution is -0.151. The summed E-state index contributed by atoms with van der Waals surface area (Å²) in [5.74, 6) is -0.271. The summed E-state index contributed by atoms with van der Waals surface area (Å²) in [6.45, 7) is 0.403. The van der Waals surface area contributed by atoms with Crippen LogP contribution in [-0.2, 0) is 22.6 Å². The van der Waals surface area contributed by atoms with Crippen LogP contribution in [0.2, 0.25) is 0 Å². The SMILES string of the molecule is CSCCC(=O)N1Cc2ccccc2C[C@H]1C(=O)O. The number of hydrogen-bond acceptors (Lipinski definition) is 3. The van der Waals surface area contributed by atoms with E-state index < -0.39 is 12.0 Å². The number of carbonyl (C=O) groups excluding carboxylic acids is 1. The van der Waals surface area contributed by atoms with Crippen molar-refractivity contribution >= 4 is 23.6 Å². The molecule has 0 spiro atoms. The number of carboxylic acid groups (broad SMARTS) is 1. The van der Waals surface area contributed by atoms with E-state index >= 15 is 0 Å². The summed E-state index contributed by atoms with van der Waals surface area (Å²) >= 11 is 1.59. The Morgan fingerprint density at radius 1 is 1.37 bits per heavy atom. The first kappa shape index (κ1) is 13.9. The summed E-state index contributed by atoms with van der Waals surface area (Å²) in [5.41, 5.74) is 2.08. The number of amides is 1. The van der Waals surface area contributed by atoms with Gasteiger partial charge in [-0.1, -0.05) is 24.3 Å². The topological polar surface area (TPSA) is 57.6 Å². The van der Waals surface area contributed by atoms with Gasteiger partial charge in [0.1, 0.15) is 6.04 Å². The first-order valence-electron chi connectivity index (χ1n) is 6.21. The van der Waals surface area contributed by atoms with E-state index in [4.69, 9.17) is 0 Å². The molecule has 1 aromatic carbocycles. The maximum absolute atomic E-state index is 12.1. The van der Waals surface area contributed by atoms with Crippen LogP contribution in [0.1, 0.15) is 17.5 Å². The third-order valence-electron chi connectivity index (χ3n) is 3.37. The lowest BCUT2D eigenvalue weighted by atomic mass is 9.94. The van der Waals surface area contributed by atoms with Crippen molar-refractivity contribution in [2.45, 2.75) is 25.4 Å². The molecule has 0 aliphatic carbocycles. The van der Waals surface area contributed by atoms with Crippen molar-refractivity contribution in [3.05, 3.63) is 35.4 Å². The molecular weight excluding hydrogens is 262 g/mol. The fraction of sp³-hybridized carbons (Fsp3) is 0.429. The second-order valence-corrected chi connectivity index (χ2v) is 5.58.